The Kier molecular flexibility index (Phi) is 14.1. The Balaban J connectivity index is 1.91. The van der Waals surface area contributed by atoms with Crippen molar-refractivity contribution in [3.63, 3.8) is 0 Å². The van der Waals surface area contributed by atoms with E-state index in [2.05, 4.69) is 19.1 Å². The molecule has 0 unspecified atom stereocenters. The van der Waals surface area contributed by atoms with E-state index in [1.165, 1.54) is 51.4 Å². The number of hydrogen-bond donors (Lipinski definition) is 3. The third-order valence-corrected chi connectivity index (χ3v) is 4.96. The van der Waals surface area contributed by atoms with E-state index in [4.69, 9.17) is 14.6 Å². The average Bonchev–Trinajstić information content (AvgIpc) is 3.02. The van der Waals surface area contributed by atoms with Gasteiger partial charge in [-0.15, -0.1) is 0 Å². The number of ether oxygens (including phenoxy) is 2. The molecule has 4 atom stereocenters. The molecule has 0 radical (unpaired) electrons. The summed E-state index contributed by atoms with van der Waals surface area (Å²) in [6.07, 6.45) is 15.2. The van der Waals surface area contributed by atoms with Crippen LogP contribution in [0.4, 0.5) is 0 Å². The van der Waals surface area contributed by atoms with Crippen LogP contribution in [-0.2, 0) is 9.47 Å². The van der Waals surface area contributed by atoms with E-state index in [1.54, 1.807) is 0 Å². The summed E-state index contributed by atoms with van der Waals surface area (Å²) in [5, 5.41) is 28.6. The van der Waals surface area contributed by atoms with E-state index < -0.39 is 24.4 Å². The van der Waals surface area contributed by atoms with Crippen LogP contribution >= 0.6 is 0 Å². The predicted octanol–water partition coefficient (Wildman–Crippen LogP) is 3.35. The van der Waals surface area contributed by atoms with E-state index in [0.717, 1.165) is 19.3 Å². The molecule has 1 rings (SSSR count). The van der Waals surface area contributed by atoms with Gasteiger partial charge in [-0.3, -0.25) is 0 Å². The van der Waals surface area contributed by atoms with Gasteiger partial charge >= 0.3 is 0 Å². The summed E-state index contributed by atoms with van der Waals surface area (Å²) in [4.78, 5) is 0. The first-order valence-electron chi connectivity index (χ1n) is 10.6. The van der Waals surface area contributed by atoms with Crippen LogP contribution in [0, 0.1) is 0 Å². The highest BCUT2D eigenvalue weighted by molar-refractivity contribution is 4.89. The topological polar surface area (TPSA) is 79.2 Å². The van der Waals surface area contributed by atoms with Gasteiger partial charge in [0.25, 0.3) is 0 Å². The van der Waals surface area contributed by atoms with E-state index in [9.17, 15) is 10.2 Å². The minimum atomic E-state index is -1.00. The van der Waals surface area contributed by atoms with Gasteiger partial charge in [0.05, 0.1) is 13.2 Å². The monoisotopic (exact) mass is 372 g/mol. The van der Waals surface area contributed by atoms with Gasteiger partial charge in [0.15, 0.2) is 0 Å². The summed E-state index contributed by atoms with van der Waals surface area (Å²) in [5.74, 6) is 0. The second-order valence-electron chi connectivity index (χ2n) is 7.30. The lowest BCUT2D eigenvalue weighted by atomic mass is 10.1. The molecule has 0 aromatic carbocycles. The van der Waals surface area contributed by atoms with Crippen LogP contribution in [0.5, 0.6) is 0 Å². The van der Waals surface area contributed by atoms with E-state index >= 15 is 0 Å². The number of hydrogen-bond acceptors (Lipinski definition) is 5. The molecule has 0 spiro atoms. The smallest absolute Gasteiger partial charge is 0.114 e. The number of aliphatic hydroxyl groups is 3. The highest BCUT2D eigenvalue weighted by Gasteiger charge is 2.40. The Labute approximate surface area is 159 Å². The van der Waals surface area contributed by atoms with Crippen molar-refractivity contribution in [2.75, 3.05) is 19.8 Å². The van der Waals surface area contributed by atoms with Crippen molar-refractivity contribution >= 4 is 0 Å². The fraction of sp³-hybridized carbons (Fsp3) is 0.905. The number of unbranched alkanes of at least 4 members (excludes halogenated alkanes) is 9. The number of aliphatic hydroxyl groups excluding tert-OH is 3. The van der Waals surface area contributed by atoms with Crippen LogP contribution in [0.2, 0.25) is 0 Å². The first-order valence-corrected chi connectivity index (χ1v) is 10.6. The second kappa shape index (κ2) is 15.6. The highest BCUT2D eigenvalue weighted by atomic mass is 16.6. The minimum absolute atomic E-state index is 0.154. The molecule has 3 N–H and O–H groups in total. The Morgan fingerprint density at radius 2 is 1.62 bits per heavy atom. The third-order valence-electron chi connectivity index (χ3n) is 4.96. The zero-order valence-electron chi connectivity index (χ0n) is 16.5. The lowest BCUT2D eigenvalue weighted by molar-refractivity contribution is -0.0938. The first-order chi connectivity index (χ1) is 12.7. The highest BCUT2D eigenvalue weighted by Crippen LogP contribution is 2.21. The molecule has 0 saturated carbocycles. The summed E-state index contributed by atoms with van der Waals surface area (Å²) < 4.78 is 11.0. The summed E-state index contributed by atoms with van der Waals surface area (Å²) >= 11 is 0. The fourth-order valence-electron chi connectivity index (χ4n) is 3.36. The summed E-state index contributed by atoms with van der Waals surface area (Å²) in [7, 11) is 0. The van der Waals surface area contributed by atoms with Gasteiger partial charge in [0, 0.05) is 6.61 Å². The minimum Gasteiger partial charge on any atom is -0.394 e. The number of allylic oxidation sites excluding steroid dienone is 2. The zero-order chi connectivity index (χ0) is 19.0. The van der Waals surface area contributed by atoms with Crippen molar-refractivity contribution in [3.8, 4) is 0 Å². The zero-order valence-corrected chi connectivity index (χ0v) is 16.5. The molecule has 1 heterocycles. The quantitative estimate of drug-likeness (QED) is 0.286. The maximum absolute atomic E-state index is 9.86. The summed E-state index contributed by atoms with van der Waals surface area (Å²) in [6, 6.07) is 0. The van der Waals surface area contributed by atoms with Gasteiger partial charge in [-0.25, -0.2) is 0 Å². The van der Waals surface area contributed by atoms with E-state index in [1.807, 2.05) is 0 Å². The summed E-state index contributed by atoms with van der Waals surface area (Å²) in [6.45, 7) is 2.51. The van der Waals surface area contributed by atoms with Crippen molar-refractivity contribution in [3.05, 3.63) is 12.2 Å². The largest absolute Gasteiger partial charge is 0.394 e. The molecular weight excluding hydrogens is 332 g/mol. The fourth-order valence-corrected chi connectivity index (χ4v) is 3.36. The van der Waals surface area contributed by atoms with Gasteiger partial charge in [-0.1, -0.05) is 64.0 Å². The van der Waals surface area contributed by atoms with Crippen LogP contribution in [0.25, 0.3) is 0 Å². The van der Waals surface area contributed by atoms with Gasteiger partial charge < -0.3 is 24.8 Å². The Bertz CT molecular complexity index is 347. The lowest BCUT2D eigenvalue weighted by Gasteiger charge is -2.23. The SMILES string of the molecule is CC/C=C/CCCCCCCCCCCO[C@H]1[C@@H]([C@H](O)CO)OC[C@@H]1O. The van der Waals surface area contributed by atoms with Gasteiger partial charge in [-0.05, 0) is 25.7 Å². The maximum Gasteiger partial charge on any atom is 0.114 e. The van der Waals surface area contributed by atoms with Crippen molar-refractivity contribution < 1.29 is 24.8 Å². The molecule has 26 heavy (non-hydrogen) atoms. The van der Waals surface area contributed by atoms with Crippen molar-refractivity contribution in [2.45, 2.75) is 102 Å². The standard InChI is InChI=1S/C21H40O5/c1-2-3-4-5-6-7-8-9-10-11-12-13-14-15-25-21-19(24)17-26-20(21)18(23)16-22/h3-4,18-24H,2,5-17H2,1H3/b4-3+/t18-,19+,20-,21-/m1/s1. The van der Waals surface area contributed by atoms with E-state index in [-0.39, 0.29) is 13.2 Å². The maximum atomic E-state index is 9.86. The van der Waals surface area contributed by atoms with E-state index in [0.29, 0.717) is 6.61 Å². The lowest BCUT2D eigenvalue weighted by Crippen LogP contribution is -2.42. The first kappa shape index (κ1) is 23.6. The Hall–Kier alpha value is -0.460. The Morgan fingerprint density at radius 1 is 1.00 bits per heavy atom. The van der Waals surface area contributed by atoms with Crippen molar-refractivity contribution in [1.82, 2.24) is 0 Å². The van der Waals surface area contributed by atoms with Crippen LogP contribution in [0.3, 0.4) is 0 Å². The number of rotatable bonds is 16. The normalized spacial score (nSPS) is 24.5. The van der Waals surface area contributed by atoms with Crippen LogP contribution in [-0.4, -0.2) is 59.6 Å². The molecule has 0 aliphatic carbocycles. The molecule has 5 heteroatoms. The van der Waals surface area contributed by atoms with Crippen LogP contribution in [0.15, 0.2) is 12.2 Å². The van der Waals surface area contributed by atoms with Crippen molar-refractivity contribution in [1.29, 1.82) is 0 Å². The molecule has 1 saturated heterocycles. The van der Waals surface area contributed by atoms with Gasteiger partial charge in [0.2, 0.25) is 0 Å². The summed E-state index contributed by atoms with van der Waals surface area (Å²) in [5.41, 5.74) is 0. The molecule has 1 aliphatic heterocycles. The van der Waals surface area contributed by atoms with Gasteiger partial charge in [0.1, 0.15) is 24.4 Å². The van der Waals surface area contributed by atoms with Crippen LogP contribution in [0.1, 0.15) is 77.6 Å². The van der Waals surface area contributed by atoms with Gasteiger partial charge in [-0.2, -0.15) is 0 Å². The molecule has 1 fully saturated rings. The molecule has 0 aromatic heterocycles. The Morgan fingerprint density at radius 3 is 2.23 bits per heavy atom. The van der Waals surface area contributed by atoms with Crippen molar-refractivity contribution in [2.24, 2.45) is 0 Å². The van der Waals surface area contributed by atoms with Crippen LogP contribution < -0.4 is 0 Å². The molecule has 0 bridgehead atoms. The molecule has 5 nitrogen and oxygen atoms in total. The molecule has 1 aliphatic rings. The second-order valence-corrected chi connectivity index (χ2v) is 7.30. The average molecular weight is 373 g/mol. The third kappa shape index (κ3) is 10.0. The molecule has 0 aromatic rings. The molecule has 154 valence electrons. The predicted molar refractivity (Wildman–Crippen MR) is 104 cm³/mol. The molecule has 0 amide bonds. The molecular formula is C21H40O5.